The van der Waals surface area contributed by atoms with Crippen LogP contribution in [-0.4, -0.2) is 18.0 Å². The Balaban J connectivity index is 2.20. The second-order valence-electron chi connectivity index (χ2n) is 5.62. The topological polar surface area (TPSA) is 55.1 Å². The van der Waals surface area contributed by atoms with E-state index >= 15 is 0 Å². The molecule has 110 valence electrons. The Morgan fingerprint density at radius 2 is 2.25 bits per heavy atom. The van der Waals surface area contributed by atoms with Crippen LogP contribution in [0.1, 0.15) is 43.0 Å². The summed E-state index contributed by atoms with van der Waals surface area (Å²) in [6.45, 7) is 2.53. The summed E-state index contributed by atoms with van der Waals surface area (Å²) in [6, 6.07) is 4.20. The lowest BCUT2D eigenvalue weighted by atomic mass is 9.73. The van der Waals surface area contributed by atoms with Crippen molar-refractivity contribution in [3.63, 3.8) is 0 Å². The van der Waals surface area contributed by atoms with Gasteiger partial charge in [-0.1, -0.05) is 35.7 Å². The van der Waals surface area contributed by atoms with Crippen LogP contribution in [0.5, 0.6) is 0 Å². The molecule has 2 rings (SSSR count). The van der Waals surface area contributed by atoms with Gasteiger partial charge in [-0.3, -0.25) is 4.79 Å². The van der Waals surface area contributed by atoms with Gasteiger partial charge in [0.1, 0.15) is 5.82 Å². The molecule has 0 aliphatic heterocycles. The van der Waals surface area contributed by atoms with E-state index in [2.05, 4.69) is 28.2 Å². The van der Waals surface area contributed by atoms with Crippen LogP contribution < -0.4 is 11.1 Å². The Labute approximate surface area is 127 Å². The normalized spacial score (nSPS) is 26.3. The first-order chi connectivity index (χ1) is 9.47. The summed E-state index contributed by atoms with van der Waals surface area (Å²) in [5, 5.41) is 3.05. The number of carbonyl (C=O) groups is 1. The van der Waals surface area contributed by atoms with Gasteiger partial charge in [0.25, 0.3) is 5.91 Å². The van der Waals surface area contributed by atoms with E-state index in [4.69, 9.17) is 5.73 Å². The Bertz CT molecular complexity index is 488. The first-order valence-corrected chi connectivity index (χ1v) is 7.75. The average molecular weight is 343 g/mol. The zero-order valence-electron chi connectivity index (χ0n) is 11.6. The van der Waals surface area contributed by atoms with Crippen LogP contribution in [0, 0.1) is 11.7 Å². The number of benzene rings is 1. The van der Waals surface area contributed by atoms with E-state index in [1.807, 2.05) is 0 Å². The summed E-state index contributed by atoms with van der Waals surface area (Å²) in [5.41, 5.74) is 5.87. The van der Waals surface area contributed by atoms with Gasteiger partial charge in [0.2, 0.25) is 0 Å². The van der Waals surface area contributed by atoms with Gasteiger partial charge >= 0.3 is 0 Å². The van der Waals surface area contributed by atoms with E-state index in [1.54, 1.807) is 6.07 Å². The highest BCUT2D eigenvalue weighted by Gasteiger charge is 2.38. The highest BCUT2D eigenvalue weighted by atomic mass is 79.9. The van der Waals surface area contributed by atoms with Crippen molar-refractivity contribution < 1.29 is 9.18 Å². The van der Waals surface area contributed by atoms with Gasteiger partial charge in [-0.25, -0.2) is 4.39 Å². The van der Waals surface area contributed by atoms with Gasteiger partial charge in [0.05, 0.1) is 5.54 Å². The van der Waals surface area contributed by atoms with E-state index in [0.717, 1.165) is 19.3 Å². The maximum atomic E-state index is 13.4. The summed E-state index contributed by atoms with van der Waals surface area (Å²) in [5.74, 6) is -0.352. The fourth-order valence-corrected chi connectivity index (χ4v) is 3.40. The lowest BCUT2D eigenvalue weighted by Crippen LogP contribution is -2.59. The first kappa shape index (κ1) is 15.4. The summed E-state index contributed by atoms with van der Waals surface area (Å²) in [7, 11) is 0. The van der Waals surface area contributed by atoms with Crippen molar-refractivity contribution in [2.75, 3.05) is 6.54 Å². The molecule has 0 bridgehead atoms. The van der Waals surface area contributed by atoms with Crippen LogP contribution in [0.25, 0.3) is 0 Å². The van der Waals surface area contributed by atoms with Crippen LogP contribution >= 0.6 is 15.9 Å². The van der Waals surface area contributed by atoms with Crippen LogP contribution in [0.2, 0.25) is 0 Å². The van der Waals surface area contributed by atoms with Crippen molar-refractivity contribution in [3.05, 3.63) is 34.1 Å². The molecule has 1 aromatic rings. The van der Waals surface area contributed by atoms with Gasteiger partial charge in [0.15, 0.2) is 0 Å². The molecule has 20 heavy (non-hydrogen) atoms. The number of amides is 1. The molecule has 2 atom stereocenters. The minimum absolute atomic E-state index is 0.260. The average Bonchev–Trinajstić information content (AvgIpc) is 2.40. The Morgan fingerprint density at radius 1 is 1.50 bits per heavy atom. The smallest absolute Gasteiger partial charge is 0.251 e. The third-order valence-electron chi connectivity index (χ3n) is 4.30. The maximum Gasteiger partial charge on any atom is 0.251 e. The van der Waals surface area contributed by atoms with Gasteiger partial charge in [-0.2, -0.15) is 0 Å². The maximum absolute atomic E-state index is 13.4. The van der Waals surface area contributed by atoms with E-state index in [0.29, 0.717) is 22.5 Å². The van der Waals surface area contributed by atoms with E-state index in [9.17, 15) is 9.18 Å². The van der Waals surface area contributed by atoms with Gasteiger partial charge in [0, 0.05) is 16.6 Å². The summed E-state index contributed by atoms with van der Waals surface area (Å²) < 4.78 is 13.9. The lowest BCUT2D eigenvalue weighted by Gasteiger charge is -2.42. The van der Waals surface area contributed by atoms with Crippen LogP contribution in [-0.2, 0) is 0 Å². The molecule has 1 aromatic carbocycles. The van der Waals surface area contributed by atoms with Gasteiger partial charge < -0.3 is 11.1 Å². The zero-order valence-corrected chi connectivity index (χ0v) is 13.2. The van der Waals surface area contributed by atoms with E-state index in [1.165, 1.54) is 18.6 Å². The molecule has 0 spiro atoms. The van der Waals surface area contributed by atoms with Crippen LogP contribution in [0.3, 0.4) is 0 Å². The second kappa shape index (κ2) is 6.22. The minimum Gasteiger partial charge on any atom is -0.345 e. The van der Waals surface area contributed by atoms with Crippen molar-refractivity contribution in [1.29, 1.82) is 0 Å². The standard InChI is InChI=1S/C15H20BrFN2O/c1-10-4-2-3-5-15(10,9-18)19-14(20)11-6-12(16)8-13(17)7-11/h6-8,10H,2-5,9,18H2,1H3,(H,19,20). The molecular weight excluding hydrogens is 323 g/mol. The molecule has 0 aromatic heterocycles. The van der Waals surface area contributed by atoms with Crippen molar-refractivity contribution in [3.8, 4) is 0 Å². The lowest BCUT2D eigenvalue weighted by molar-refractivity contribution is 0.0812. The van der Waals surface area contributed by atoms with Crippen molar-refractivity contribution in [2.45, 2.75) is 38.1 Å². The van der Waals surface area contributed by atoms with Crippen molar-refractivity contribution in [1.82, 2.24) is 5.32 Å². The molecule has 5 heteroatoms. The molecule has 0 radical (unpaired) electrons. The third kappa shape index (κ3) is 3.20. The molecule has 2 unspecified atom stereocenters. The van der Waals surface area contributed by atoms with Crippen LogP contribution in [0.15, 0.2) is 22.7 Å². The highest BCUT2D eigenvalue weighted by Crippen LogP contribution is 2.33. The minimum atomic E-state index is -0.428. The molecular formula is C15H20BrFN2O. The molecule has 1 aliphatic rings. The molecule has 3 nitrogen and oxygen atoms in total. The van der Waals surface area contributed by atoms with Crippen molar-refractivity contribution >= 4 is 21.8 Å². The molecule has 1 amide bonds. The van der Waals surface area contributed by atoms with Gasteiger partial charge in [-0.05, 0) is 37.0 Å². The molecule has 0 heterocycles. The number of nitrogens with one attached hydrogen (secondary N) is 1. The number of halogens is 2. The fraction of sp³-hybridized carbons (Fsp3) is 0.533. The zero-order chi connectivity index (χ0) is 14.8. The number of nitrogens with two attached hydrogens (primary N) is 1. The predicted molar refractivity (Wildman–Crippen MR) is 81.0 cm³/mol. The van der Waals surface area contributed by atoms with E-state index in [-0.39, 0.29) is 11.4 Å². The molecule has 0 saturated heterocycles. The number of hydrogen-bond acceptors (Lipinski definition) is 2. The molecule has 1 aliphatic carbocycles. The fourth-order valence-electron chi connectivity index (χ4n) is 2.94. The van der Waals surface area contributed by atoms with Crippen molar-refractivity contribution in [2.24, 2.45) is 11.7 Å². The number of hydrogen-bond donors (Lipinski definition) is 2. The molecule has 1 fully saturated rings. The number of rotatable bonds is 3. The first-order valence-electron chi connectivity index (χ1n) is 6.95. The monoisotopic (exact) mass is 342 g/mol. The second-order valence-corrected chi connectivity index (χ2v) is 6.54. The van der Waals surface area contributed by atoms with Gasteiger partial charge in [-0.15, -0.1) is 0 Å². The predicted octanol–water partition coefficient (Wildman–Crippen LogP) is 3.23. The largest absolute Gasteiger partial charge is 0.345 e. The summed E-state index contributed by atoms with van der Waals surface area (Å²) in [4.78, 5) is 12.4. The molecule has 1 saturated carbocycles. The molecule has 3 N–H and O–H groups in total. The highest BCUT2D eigenvalue weighted by molar-refractivity contribution is 9.10. The van der Waals surface area contributed by atoms with Crippen LogP contribution in [0.4, 0.5) is 4.39 Å². The number of carbonyl (C=O) groups excluding carboxylic acids is 1. The Morgan fingerprint density at radius 3 is 2.85 bits per heavy atom. The third-order valence-corrected chi connectivity index (χ3v) is 4.76. The summed E-state index contributed by atoms with van der Waals surface area (Å²) >= 11 is 3.20. The van der Waals surface area contributed by atoms with E-state index < -0.39 is 5.82 Å². The Hall–Kier alpha value is -0.940. The Kier molecular flexibility index (Phi) is 4.81. The quantitative estimate of drug-likeness (QED) is 0.885. The summed E-state index contributed by atoms with van der Waals surface area (Å²) in [6.07, 6.45) is 4.18. The SMILES string of the molecule is CC1CCCCC1(CN)NC(=O)c1cc(F)cc(Br)c1.